The molecule has 0 bridgehead atoms. The molecular formula is C20H13FN2O4S2. The van der Waals surface area contributed by atoms with Crippen molar-refractivity contribution in [3.05, 3.63) is 70.4 Å². The summed E-state index contributed by atoms with van der Waals surface area (Å²) in [6, 6.07) is 12.9. The maximum atomic E-state index is 13.3. The zero-order valence-electron chi connectivity index (χ0n) is 14.8. The number of halogens is 1. The standard InChI is InChI=1S/C20H13FN2O4S2/c21-12-7-5-11(6-8-12)9-22-14-4-2-1-3-13(14)16(18(22)26)17-19(27)23(10-15(24)25)20(28)29-17/h1-8H,9-10H2,(H,24,25). The van der Waals surface area contributed by atoms with Crippen LogP contribution in [0.2, 0.25) is 0 Å². The Morgan fingerprint density at radius 1 is 1.03 bits per heavy atom. The van der Waals surface area contributed by atoms with E-state index in [9.17, 15) is 18.8 Å². The van der Waals surface area contributed by atoms with E-state index < -0.39 is 18.4 Å². The molecule has 0 aliphatic carbocycles. The maximum absolute atomic E-state index is 13.3. The summed E-state index contributed by atoms with van der Waals surface area (Å²) in [6.07, 6.45) is 0. The molecule has 2 heterocycles. The van der Waals surface area contributed by atoms with Crippen LogP contribution in [0.3, 0.4) is 0 Å². The van der Waals surface area contributed by atoms with Gasteiger partial charge >= 0.3 is 5.97 Å². The average molecular weight is 428 g/mol. The van der Waals surface area contributed by atoms with Gasteiger partial charge in [-0.2, -0.15) is 0 Å². The summed E-state index contributed by atoms with van der Waals surface area (Å²) in [7, 11) is 0. The molecule has 0 saturated carbocycles. The number of hydrogen-bond acceptors (Lipinski definition) is 5. The van der Waals surface area contributed by atoms with Gasteiger partial charge in [-0.1, -0.05) is 54.3 Å². The van der Waals surface area contributed by atoms with Crippen LogP contribution in [0.4, 0.5) is 10.1 Å². The Kier molecular flexibility index (Phi) is 4.93. The van der Waals surface area contributed by atoms with E-state index in [0.717, 1.165) is 22.2 Å². The van der Waals surface area contributed by atoms with Crippen LogP contribution in [-0.4, -0.2) is 38.7 Å². The van der Waals surface area contributed by atoms with Gasteiger partial charge in [0.25, 0.3) is 11.8 Å². The molecule has 2 aromatic rings. The number of hydrogen-bond donors (Lipinski definition) is 1. The molecule has 4 rings (SSSR count). The third-order valence-electron chi connectivity index (χ3n) is 4.55. The lowest BCUT2D eigenvalue weighted by molar-refractivity contribution is -0.140. The second-order valence-electron chi connectivity index (χ2n) is 6.39. The van der Waals surface area contributed by atoms with Gasteiger partial charge in [0.2, 0.25) is 0 Å². The first-order valence-electron chi connectivity index (χ1n) is 8.52. The van der Waals surface area contributed by atoms with Gasteiger partial charge in [-0.05, 0) is 23.8 Å². The fourth-order valence-electron chi connectivity index (χ4n) is 3.25. The zero-order valence-corrected chi connectivity index (χ0v) is 16.4. The molecule has 2 amide bonds. The van der Waals surface area contributed by atoms with Crippen LogP contribution < -0.4 is 4.90 Å². The van der Waals surface area contributed by atoms with Crippen molar-refractivity contribution < 1.29 is 23.9 Å². The fraction of sp³-hybridized carbons (Fsp3) is 0.100. The number of aliphatic carboxylic acids is 1. The lowest BCUT2D eigenvalue weighted by Crippen LogP contribution is -2.33. The first-order valence-corrected chi connectivity index (χ1v) is 9.74. The van der Waals surface area contributed by atoms with Gasteiger partial charge in [-0.15, -0.1) is 0 Å². The summed E-state index contributed by atoms with van der Waals surface area (Å²) in [5, 5.41) is 9.02. The molecule has 2 aliphatic rings. The molecule has 1 N–H and O–H groups in total. The Hall–Kier alpha value is -3.04. The molecule has 29 heavy (non-hydrogen) atoms. The van der Waals surface area contributed by atoms with Crippen LogP contribution in [0.15, 0.2) is 53.4 Å². The molecule has 0 unspecified atom stereocenters. The van der Waals surface area contributed by atoms with E-state index in [1.165, 1.54) is 17.0 Å². The number of amides is 2. The zero-order chi connectivity index (χ0) is 20.7. The Bertz CT molecular complexity index is 1100. The number of rotatable bonds is 4. The molecule has 146 valence electrons. The summed E-state index contributed by atoms with van der Waals surface area (Å²) >= 11 is 6.07. The summed E-state index contributed by atoms with van der Waals surface area (Å²) in [5.41, 5.74) is 2.14. The number of carboxylic acid groups (broad SMARTS) is 1. The van der Waals surface area contributed by atoms with E-state index >= 15 is 0 Å². The minimum atomic E-state index is -1.19. The molecular weight excluding hydrogens is 415 g/mol. The average Bonchev–Trinajstić information content (AvgIpc) is 3.11. The highest BCUT2D eigenvalue weighted by atomic mass is 32.2. The minimum Gasteiger partial charge on any atom is -0.480 e. The lowest BCUT2D eigenvalue weighted by Gasteiger charge is -2.17. The van der Waals surface area contributed by atoms with Gasteiger partial charge in [0, 0.05) is 5.56 Å². The van der Waals surface area contributed by atoms with Crippen LogP contribution in [-0.2, 0) is 20.9 Å². The van der Waals surface area contributed by atoms with Crippen molar-refractivity contribution in [3.8, 4) is 0 Å². The molecule has 0 aromatic heterocycles. The van der Waals surface area contributed by atoms with E-state index in [0.29, 0.717) is 11.3 Å². The predicted molar refractivity (Wildman–Crippen MR) is 110 cm³/mol. The third kappa shape index (κ3) is 3.43. The number of nitrogens with zero attached hydrogens (tertiary/aromatic N) is 2. The normalized spacial score (nSPS) is 18.6. The number of anilines is 1. The first kappa shape index (κ1) is 19.3. The maximum Gasteiger partial charge on any atom is 0.323 e. The molecule has 1 fully saturated rings. The van der Waals surface area contributed by atoms with Gasteiger partial charge in [-0.25, -0.2) is 4.39 Å². The van der Waals surface area contributed by atoms with Crippen molar-refractivity contribution in [3.63, 3.8) is 0 Å². The van der Waals surface area contributed by atoms with Crippen LogP contribution in [0, 0.1) is 5.82 Å². The number of thiocarbonyl (C=S) groups is 1. The van der Waals surface area contributed by atoms with E-state index in [1.54, 1.807) is 36.4 Å². The lowest BCUT2D eigenvalue weighted by atomic mass is 10.1. The van der Waals surface area contributed by atoms with E-state index in [1.807, 2.05) is 0 Å². The van der Waals surface area contributed by atoms with Crippen molar-refractivity contribution in [1.82, 2.24) is 4.90 Å². The second-order valence-corrected chi connectivity index (χ2v) is 8.04. The van der Waals surface area contributed by atoms with Gasteiger partial charge in [-0.3, -0.25) is 19.3 Å². The van der Waals surface area contributed by atoms with Crippen LogP contribution >= 0.6 is 24.0 Å². The van der Waals surface area contributed by atoms with Gasteiger partial charge in [0.05, 0.1) is 22.7 Å². The van der Waals surface area contributed by atoms with Crippen molar-refractivity contribution in [2.45, 2.75) is 6.54 Å². The van der Waals surface area contributed by atoms with Crippen molar-refractivity contribution in [1.29, 1.82) is 0 Å². The molecule has 2 aromatic carbocycles. The number of carbonyl (C=O) groups excluding carboxylic acids is 2. The van der Waals surface area contributed by atoms with Gasteiger partial charge in [0.1, 0.15) is 16.7 Å². The highest BCUT2D eigenvalue weighted by Crippen LogP contribution is 2.44. The summed E-state index contributed by atoms with van der Waals surface area (Å²) < 4.78 is 13.3. The Morgan fingerprint density at radius 2 is 1.72 bits per heavy atom. The van der Waals surface area contributed by atoms with Crippen LogP contribution in [0.5, 0.6) is 0 Å². The van der Waals surface area contributed by atoms with E-state index in [4.69, 9.17) is 17.3 Å². The number of thioether (sulfide) groups is 1. The van der Waals surface area contributed by atoms with Crippen LogP contribution in [0.1, 0.15) is 11.1 Å². The molecule has 1 saturated heterocycles. The fourth-order valence-corrected chi connectivity index (χ4v) is 4.58. The van der Waals surface area contributed by atoms with Gasteiger partial charge in [0.15, 0.2) is 0 Å². The van der Waals surface area contributed by atoms with Crippen LogP contribution in [0.25, 0.3) is 5.57 Å². The topological polar surface area (TPSA) is 77.9 Å². The van der Waals surface area contributed by atoms with Crippen molar-refractivity contribution in [2.24, 2.45) is 0 Å². The number of fused-ring (bicyclic) bond motifs is 1. The third-order valence-corrected chi connectivity index (χ3v) is 5.99. The summed E-state index contributed by atoms with van der Waals surface area (Å²) in [4.78, 5) is 39.7. The highest BCUT2D eigenvalue weighted by molar-refractivity contribution is 8.26. The summed E-state index contributed by atoms with van der Waals surface area (Å²) in [5.74, 6) is -2.54. The smallest absolute Gasteiger partial charge is 0.323 e. The molecule has 0 spiro atoms. The first-order chi connectivity index (χ1) is 13.9. The Balaban J connectivity index is 1.76. The Labute approximate surface area is 174 Å². The molecule has 0 radical (unpaired) electrons. The van der Waals surface area contributed by atoms with Crippen molar-refractivity contribution in [2.75, 3.05) is 11.4 Å². The number of carbonyl (C=O) groups is 3. The number of carboxylic acids is 1. The van der Waals surface area contributed by atoms with Crippen molar-refractivity contribution >= 4 is 57.3 Å². The second kappa shape index (κ2) is 7.41. The molecule has 6 nitrogen and oxygen atoms in total. The van der Waals surface area contributed by atoms with Gasteiger partial charge < -0.3 is 10.0 Å². The number of para-hydroxylation sites is 1. The monoisotopic (exact) mass is 428 g/mol. The summed E-state index contributed by atoms with van der Waals surface area (Å²) in [6.45, 7) is -0.356. The predicted octanol–water partition coefficient (Wildman–Crippen LogP) is 3.03. The van der Waals surface area contributed by atoms with E-state index in [-0.39, 0.29) is 33.1 Å². The number of benzene rings is 2. The molecule has 2 aliphatic heterocycles. The Morgan fingerprint density at radius 3 is 2.41 bits per heavy atom. The molecule has 9 heteroatoms. The largest absolute Gasteiger partial charge is 0.480 e. The molecule has 0 atom stereocenters. The SMILES string of the molecule is O=C(O)CN1C(=O)C(=C2C(=O)N(Cc3ccc(F)cc3)c3ccccc32)SC1=S. The highest BCUT2D eigenvalue weighted by Gasteiger charge is 2.42. The minimum absolute atomic E-state index is 0.0992. The van der Waals surface area contributed by atoms with E-state index in [2.05, 4.69) is 0 Å². The quantitative estimate of drug-likeness (QED) is 0.596.